The van der Waals surface area contributed by atoms with Gasteiger partial charge in [0, 0.05) is 52.4 Å². The lowest BCUT2D eigenvalue weighted by atomic mass is 10.0. The number of imide groups is 1. The molecule has 3 atom stereocenters. The van der Waals surface area contributed by atoms with Gasteiger partial charge in [0.25, 0.3) is 0 Å². The van der Waals surface area contributed by atoms with E-state index in [1.165, 1.54) is 10.1 Å². The summed E-state index contributed by atoms with van der Waals surface area (Å²) < 4.78 is 20.7. The Bertz CT molecular complexity index is 1590. The topological polar surface area (TPSA) is 170 Å². The first kappa shape index (κ1) is 40.9. The van der Waals surface area contributed by atoms with Gasteiger partial charge in [0.1, 0.15) is 6.04 Å². The molecule has 0 saturated carbocycles. The number of aromatic nitrogens is 2. The van der Waals surface area contributed by atoms with Crippen molar-refractivity contribution in [3.05, 3.63) is 69.6 Å². The van der Waals surface area contributed by atoms with Crippen molar-refractivity contribution in [2.24, 2.45) is 18.5 Å². The maximum atomic E-state index is 13.1. The molecule has 1 fully saturated rings. The van der Waals surface area contributed by atoms with Crippen molar-refractivity contribution in [3.8, 4) is 0 Å². The molecule has 50 heavy (non-hydrogen) atoms. The van der Waals surface area contributed by atoms with Gasteiger partial charge in [-0.05, 0) is 87.5 Å². The summed E-state index contributed by atoms with van der Waals surface area (Å²) in [4.78, 5) is 48.1. The number of nitrogens with one attached hydrogen (secondary N) is 1. The number of aryl methyl sites for hydroxylation is 3. The van der Waals surface area contributed by atoms with Crippen LogP contribution in [0.3, 0.4) is 0 Å². The van der Waals surface area contributed by atoms with E-state index >= 15 is 0 Å². The molecule has 1 aliphatic rings. The third-order valence-electron chi connectivity index (χ3n) is 9.14. The van der Waals surface area contributed by atoms with Gasteiger partial charge in [-0.15, -0.1) is 12.4 Å². The van der Waals surface area contributed by atoms with Crippen LogP contribution in [0.5, 0.6) is 0 Å². The van der Waals surface area contributed by atoms with E-state index in [0.717, 1.165) is 74.8 Å². The van der Waals surface area contributed by atoms with E-state index in [9.17, 15) is 19.2 Å². The number of ether oxygens (including phenoxy) is 3. The van der Waals surface area contributed by atoms with Crippen molar-refractivity contribution >= 4 is 41.2 Å². The molecule has 3 amide bonds. The fourth-order valence-corrected chi connectivity index (χ4v) is 6.18. The van der Waals surface area contributed by atoms with Crippen molar-refractivity contribution in [2.45, 2.75) is 102 Å². The molecule has 13 heteroatoms. The van der Waals surface area contributed by atoms with Crippen LogP contribution in [0.2, 0.25) is 0 Å². The lowest BCUT2D eigenvalue weighted by Gasteiger charge is -2.21. The number of nitrogens with two attached hydrogens (primary N) is 2. The van der Waals surface area contributed by atoms with Gasteiger partial charge >= 0.3 is 5.69 Å². The van der Waals surface area contributed by atoms with Crippen LogP contribution in [0.25, 0.3) is 11.0 Å². The molecule has 1 saturated heterocycles. The predicted molar refractivity (Wildman–Crippen MR) is 195 cm³/mol. The van der Waals surface area contributed by atoms with E-state index in [1.54, 1.807) is 11.6 Å². The van der Waals surface area contributed by atoms with Crippen LogP contribution < -0.4 is 22.5 Å². The maximum absolute atomic E-state index is 13.1. The molecule has 0 aliphatic carbocycles. The Morgan fingerprint density at radius 2 is 1.56 bits per heavy atom. The lowest BCUT2D eigenvalue weighted by Crippen LogP contribution is -2.44. The molecular formula is C37H54ClN5O7. The van der Waals surface area contributed by atoms with Crippen LogP contribution in [0.15, 0.2) is 47.3 Å². The summed E-state index contributed by atoms with van der Waals surface area (Å²) >= 11 is 0. The molecule has 4 rings (SSSR count). The minimum Gasteiger partial charge on any atom is -0.381 e. The molecule has 2 aromatic carbocycles. The monoisotopic (exact) mass is 715 g/mol. The average Bonchev–Trinajstić information content (AvgIpc) is 3.34. The number of nitrogens with zero attached hydrogens (tertiary/aromatic N) is 2. The molecule has 2 heterocycles. The van der Waals surface area contributed by atoms with Crippen LogP contribution in [0.1, 0.15) is 87.4 Å². The molecule has 1 aliphatic heterocycles. The molecule has 1 unspecified atom stereocenters. The Balaban J connectivity index is 0.00000676. The van der Waals surface area contributed by atoms with E-state index in [4.69, 9.17) is 25.7 Å². The van der Waals surface area contributed by atoms with Crippen molar-refractivity contribution in [2.75, 3.05) is 26.4 Å². The molecule has 5 N–H and O–H groups in total. The number of halogens is 1. The summed E-state index contributed by atoms with van der Waals surface area (Å²) in [5.74, 6) is -1.07. The Morgan fingerprint density at radius 1 is 0.920 bits per heavy atom. The molecule has 0 spiro atoms. The van der Waals surface area contributed by atoms with Gasteiger partial charge in [0.15, 0.2) is 0 Å². The van der Waals surface area contributed by atoms with Crippen LogP contribution in [-0.4, -0.2) is 65.4 Å². The highest BCUT2D eigenvalue weighted by Gasteiger charge is 2.31. The Labute approximate surface area is 300 Å². The quantitative estimate of drug-likeness (QED) is 0.104. The molecule has 276 valence electrons. The number of rotatable bonds is 22. The van der Waals surface area contributed by atoms with Gasteiger partial charge < -0.3 is 25.7 Å². The highest BCUT2D eigenvalue weighted by molar-refractivity contribution is 6.00. The first-order chi connectivity index (χ1) is 23.7. The number of piperidine rings is 1. The second-order valence-electron chi connectivity index (χ2n) is 13.0. The molecule has 0 bridgehead atoms. The summed E-state index contributed by atoms with van der Waals surface area (Å²) in [6, 6.07) is 13.3. The molecule has 3 aromatic rings. The minimum absolute atomic E-state index is 0. The summed E-state index contributed by atoms with van der Waals surface area (Å²) in [5.41, 5.74) is 15.9. The van der Waals surface area contributed by atoms with Crippen molar-refractivity contribution < 1.29 is 28.6 Å². The number of fused-ring (bicyclic) bond motifs is 1. The fourth-order valence-electron chi connectivity index (χ4n) is 6.18. The maximum Gasteiger partial charge on any atom is 0.329 e. The standard InChI is InChI=1S/C37H53N5O7.ClH/c1-26(30(38)17-19-33(39)43)49-25-28-15-13-27(14-16-28)9-7-23-47-21-4-3-5-22-48-24-8-11-29-10-6-12-31-35(29)41(2)37(46)42(31)32-18-20-34(44)40-36(32)45;/h6,10,12-16,26,30,32H,3-5,7-9,11,17-25,38H2,1-2H3,(H2,39,43)(H,40,44,45);1H/t26-,30+,32?;/m1./s1. The number of carbonyl (C=O) groups is 3. The SMILES string of the molecule is C[C@@H](OCc1ccc(CCCOCCCCCOCCCc2cccc3c2n(C)c(=O)n3C2CCC(=O)NC2=O)cc1)[C@@H](N)CCC(N)=O.Cl. The zero-order valence-electron chi connectivity index (χ0n) is 29.4. The number of hydrogen-bond donors (Lipinski definition) is 3. The van der Waals surface area contributed by atoms with Gasteiger partial charge in [-0.2, -0.15) is 0 Å². The van der Waals surface area contributed by atoms with Crippen molar-refractivity contribution in [1.29, 1.82) is 0 Å². The number of para-hydroxylation sites is 1. The van der Waals surface area contributed by atoms with Crippen LogP contribution in [-0.2, 0) is 55.1 Å². The van der Waals surface area contributed by atoms with Gasteiger partial charge in [0.2, 0.25) is 17.7 Å². The number of amides is 3. The zero-order valence-corrected chi connectivity index (χ0v) is 30.2. The van der Waals surface area contributed by atoms with E-state index in [1.807, 2.05) is 25.1 Å². The minimum atomic E-state index is -0.683. The summed E-state index contributed by atoms with van der Waals surface area (Å²) in [6.45, 7) is 5.21. The highest BCUT2D eigenvalue weighted by atomic mass is 35.5. The summed E-state index contributed by atoms with van der Waals surface area (Å²) in [5, 5.41) is 2.36. The molecule has 12 nitrogen and oxygen atoms in total. The summed E-state index contributed by atoms with van der Waals surface area (Å²) in [6.07, 6.45) is 7.71. The predicted octanol–water partition coefficient (Wildman–Crippen LogP) is 4.01. The van der Waals surface area contributed by atoms with Crippen LogP contribution in [0, 0.1) is 0 Å². The van der Waals surface area contributed by atoms with E-state index in [2.05, 4.69) is 29.6 Å². The number of primary amides is 1. The van der Waals surface area contributed by atoms with Crippen LogP contribution in [0.4, 0.5) is 0 Å². The zero-order chi connectivity index (χ0) is 35.2. The van der Waals surface area contributed by atoms with E-state index < -0.39 is 11.9 Å². The number of imidazole rings is 1. The lowest BCUT2D eigenvalue weighted by molar-refractivity contribution is -0.135. The number of unbranched alkanes of at least 4 members (excludes halogenated alkanes) is 2. The average molecular weight is 716 g/mol. The number of hydrogen-bond acceptors (Lipinski definition) is 8. The first-order valence-electron chi connectivity index (χ1n) is 17.6. The smallest absolute Gasteiger partial charge is 0.329 e. The molecule has 1 aromatic heterocycles. The van der Waals surface area contributed by atoms with Gasteiger partial charge in [0.05, 0.1) is 23.7 Å². The molecule has 0 radical (unpaired) electrons. The Kier molecular flexibility index (Phi) is 17.1. The third-order valence-corrected chi connectivity index (χ3v) is 9.14. The van der Waals surface area contributed by atoms with Gasteiger partial charge in [-0.3, -0.25) is 28.8 Å². The van der Waals surface area contributed by atoms with E-state index in [-0.39, 0.29) is 54.9 Å². The highest BCUT2D eigenvalue weighted by Crippen LogP contribution is 2.25. The Morgan fingerprint density at radius 3 is 2.22 bits per heavy atom. The van der Waals surface area contributed by atoms with Crippen molar-refractivity contribution in [1.82, 2.24) is 14.5 Å². The van der Waals surface area contributed by atoms with Crippen molar-refractivity contribution in [3.63, 3.8) is 0 Å². The van der Waals surface area contributed by atoms with Gasteiger partial charge in [-0.1, -0.05) is 36.4 Å². The first-order valence-corrected chi connectivity index (χ1v) is 17.6. The second-order valence-corrected chi connectivity index (χ2v) is 13.0. The van der Waals surface area contributed by atoms with Gasteiger partial charge in [-0.25, -0.2) is 4.79 Å². The number of benzene rings is 2. The summed E-state index contributed by atoms with van der Waals surface area (Å²) in [7, 11) is 1.73. The third kappa shape index (κ3) is 12.1. The number of carbonyl (C=O) groups excluding carboxylic acids is 3. The fraction of sp³-hybridized carbons (Fsp3) is 0.568. The normalized spacial score (nSPS) is 15.9. The second kappa shape index (κ2) is 21.0. The molecular weight excluding hydrogens is 662 g/mol. The van der Waals surface area contributed by atoms with Crippen LogP contribution >= 0.6 is 12.4 Å². The Hall–Kier alpha value is -3.55. The largest absolute Gasteiger partial charge is 0.381 e. The van der Waals surface area contributed by atoms with E-state index in [0.29, 0.717) is 38.2 Å².